The van der Waals surface area contributed by atoms with Crippen molar-refractivity contribution in [2.75, 3.05) is 24.7 Å². The number of esters is 1. The molecule has 1 fully saturated rings. The fraction of sp³-hybridized carbons (Fsp3) is 0.333. The molecule has 0 radical (unpaired) electrons. The number of aliphatic hydroxyl groups excluding tert-OH is 2. The second-order valence-corrected chi connectivity index (χ2v) is 6.68. The second kappa shape index (κ2) is 7.74. The van der Waals surface area contributed by atoms with Gasteiger partial charge < -0.3 is 30.7 Å². The van der Waals surface area contributed by atoms with Gasteiger partial charge in [-0.2, -0.15) is 4.98 Å². The third kappa shape index (κ3) is 3.26. The first-order chi connectivity index (χ1) is 14.4. The molecule has 2 aromatic heterocycles. The van der Waals surface area contributed by atoms with Crippen LogP contribution in [0.2, 0.25) is 0 Å². The molecule has 30 heavy (non-hydrogen) atoms. The Morgan fingerprint density at radius 2 is 2.20 bits per heavy atom. The zero-order chi connectivity index (χ0) is 21.4. The van der Waals surface area contributed by atoms with Crippen molar-refractivity contribution in [3.8, 4) is 0 Å². The van der Waals surface area contributed by atoms with Crippen molar-refractivity contribution in [3.05, 3.63) is 46.5 Å². The van der Waals surface area contributed by atoms with E-state index in [2.05, 4.69) is 20.3 Å². The van der Waals surface area contributed by atoms with Gasteiger partial charge in [-0.25, -0.2) is 9.78 Å². The average Bonchev–Trinajstić information content (AvgIpc) is 3.29. The standard InChI is InChI=1S/C18H20N6O6/c1-20-9-5-3-2-4-8(9)17(28)30-13-12(26)10(6-25)29-16(13)24-7-21-11-14(24)22-18(19)23-15(11)27/h2-5,7,10,12-13,16,20,25-26H,6H2,1H3,(H3,19,22,23,27)/t10-,12-,13-,16-/m1/s1. The summed E-state index contributed by atoms with van der Waals surface area (Å²) >= 11 is 0. The number of rotatable bonds is 5. The minimum Gasteiger partial charge on any atom is -0.451 e. The van der Waals surface area contributed by atoms with Crippen LogP contribution in [0.25, 0.3) is 11.2 Å². The molecule has 1 aromatic carbocycles. The quantitative estimate of drug-likeness (QED) is 0.331. The van der Waals surface area contributed by atoms with Crippen molar-refractivity contribution in [2.24, 2.45) is 0 Å². The number of imidazole rings is 1. The highest BCUT2D eigenvalue weighted by Crippen LogP contribution is 2.34. The maximum absolute atomic E-state index is 12.8. The third-order valence-electron chi connectivity index (χ3n) is 4.88. The van der Waals surface area contributed by atoms with Crippen LogP contribution in [0.5, 0.6) is 0 Å². The van der Waals surface area contributed by atoms with Crippen LogP contribution >= 0.6 is 0 Å². The van der Waals surface area contributed by atoms with Gasteiger partial charge in [0.2, 0.25) is 5.95 Å². The summed E-state index contributed by atoms with van der Waals surface area (Å²) in [7, 11) is 1.66. The number of nitrogens with one attached hydrogen (secondary N) is 2. The number of aromatic amines is 1. The number of aromatic nitrogens is 4. The fourth-order valence-corrected chi connectivity index (χ4v) is 3.42. The zero-order valence-corrected chi connectivity index (χ0v) is 15.8. The van der Waals surface area contributed by atoms with Crippen molar-refractivity contribution in [2.45, 2.75) is 24.5 Å². The van der Waals surface area contributed by atoms with E-state index in [0.29, 0.717) is 5.69 Å². The largest absolute Gasteiger partial charge is 0.451 e. The molecule has 1 aliphatic rings. The van der Waals surface area contributed by atoms with Gasteiger partial charge in [0.15, 0.2) is 23.5 Å². The highest BCUT2D eigenvalue weighted by Gasteiger charge is 2.47. The maximum atomic E-state index is 12.8. The summed E-state index contributed by atoms with van der Waals surface area (Å²) in [5, 5.41) is 23.0. The van der Waals surface area contributed by atoms with E-state index in [1.54, 1.807) is 31.3 Å². The number of ether oxygens (including phenoxy) is 2. The summed E-state index contributed by atoms with van der Waals surface area (Å²) in [5.74, 6) is -0.839. The Hall–Kier alpha value is -3.48. The van der Waals surface area contributed by atoms with Gasteiger partial charge in [-0.15, -0.1) is 0 Å². The van der Waals surface area contributed by atoms with Gasteiger partial charge in [0.25, 0.3) is 5.56 Å². The van der Waals surface area contributed by atoms with Crippen molar-refractivity contribution < 1.29 is 24.5 Å². The lowest BCUT2D eigenvalue weighted by atomic mass is 10.1. The summed E-state index contributed by atoms with van der Waals surface area (Å²) in [5.41, 5.74) is 5.96. The molecule has 0 bridgehead atoms. The Bertz CT molecular complexity index is 1140. The number of hydrogen-bond acceptors (Lipinski definition) is 10. The van der Waals surface area contributed by atoms with Crippen molar-refractivity contribution in [1.29, 1.82) is 0 Å². The van der Waals surface area contributed by atoms with Gasteiger partial charge in [0.05, 0.1) is 18.5 Å². The number of benzene rings is 1. The third-order valence-corrected chi connectivity index (χ3v) is 4.88. The summed E-state index contributed by atoms with van der Waals surface area (Å²) in [4.78, 5) is 35.3. The Balaban J connectivity index is 1.72. The molecule has 0 amide bonds. The number of carbonyl (C=O) groups is 1. The number of fused-ring (bicyclic) bond motifs is 1. The van der Waals surface area contributed by atoms with Crippen LogP contribution in [0.4, 0.5) is 11.6 Å². The number of aliphatic hydroxyl groups is 2. The van der Waals surface area contributed by atoms with E-state index in [0.717, 1.165) is 0 Å². The summed E-state index contributed by atoms with van der Waals surface area (Å²) in [6, 6.07) is 6.71. The van der Waals surface area contributed by atoms with Crippen LogP contribution in [-0.4, -0.2) is 67.7 Å². The van der Waals surface area contributed by atoms with Crippen LogP contribution in [0, 0.1) is 0 Å². The zero-order valence-electron chi connectivity index (χ0n) is 15.8. The highest BCUT2D eigenvalue weighted by atomic mass is 16.6. The molecule has 4 rings (SSSR count). The number of nitrogens with zero attached hydrogens (tertiary/aromatic N) is 3. The van der Waals surface area contributed by atoms with E-state index in [1.807, 2.05) is 0 Å². The van der Waals surface area contributed by atoms with Gasteiger partial charge in [-0.3, -0.25) is 14.3 Å². The first kappa shape index (κ1) is 19.8. The molecule has 0 unspecified atom stereocenters. The molecule has 12 nitrogen and oxygen atoms in total. The van der Waals surface area contributed by atoms with E-state index < -0.39 is 42.7 Å². The molecule has 1 saturated heterocycles. The molecule has 0 aliphatic carbocycles. The molecular formula is C18H20N6O6. The summed E-state index contributed by atoms with van der Waals surface area (Å²) < 4.78 is 12.6. The molecule has 4 atom stereocenters. The lowest BCUT2D eigenvalue weighted by Gasteiger charge is -2.22. The van der Waals surface area contributed by atoms with Gasteiger partial charge in [0, 0.05) is 12.7 Å². The topological polar surface area (TPSA) is 178 Å². The Kier molecular flexibility index (Phi) is 5.11. The molecule has 158 valence electrons. The Morgan fingerprint density at radius 1 is 1.43 bits per heavy atom. The van der Waals surface area contributed by atoms with Gasteiger partial charge in [-0.1, -0.05) is 12.1 Å². The summed E-state index contributed by atoms with van der Waals surface area (Å²) in [6.07, 6.45) is -3.39. The van der Waals surface area contributed by atoms with E-state index in [-0.39, 0.29) is 22.7 Å². The Morgan fingerprint density at radius 3 is 2.93 bits per heavy atom. The molecule has 1 aliphatic heterocycles. The van der Waals surface area contributed by atoms with E-state index in [1.165, 1.54) is 10.9 Å². The number of H-pyrrole nitrogens is 1. The number of carbonyl (C=O) groups excluding carboxylic acids is 1. The van der Waals surface area contributed by atoms with E-state index >= 15 is 0 Å². The van der Waals surface area contributed by atoms with E-state index in [9.17, 15) is 19.8 Å². The normalized spacial score (nSPS) is 23.6. The van der Waals surface area contributed by atoms with Crippen molar-refractivity contribution in [3.63, 3.8) is 0 Å². The van der Waals surface area contributed by atoms with Crippen LogP contribution in [0.15, 0.2) is 35.4 Å². The van der Waals surface area contributed by atoms with Crippen LogP contribution in [0.1, 0.15) is 16.6 Å². The number of hydrogen-bond donors (Lipinski definition) is 5. The van der Waals surface area contributed by atoms with Crippen molar-refractivity contribution >= 4 is 28.8 Å². The number of nitrogen functional groups attached to an aromatic ring is 1. The molecule has 6 N–H and O–H groups in total. The predicted octanol–water partition coefficient (Wildman–Crippen LogP) is -0.780. The average molecular weight is 416 g/mol. The number of para-hydroxylation sites is 1. The first-order valence-electron chi connectivity index (χ1n) is 9.09. The van der Waals surface area contributed by atoms with Gasteiger partial charge in [0.1, 0.15) is 12.2 Å². The fourth-order valence-electron chi connectivity index (χ4n) is 3.42. The molecule has 3 heterocycles. The van der Waals surface area contributed by atoms with Gasteiger partial charge >= 0.3 is 5.97 Å². The molecule has 0 spiro atoms. The maximum Gasteiger partial charge on any atom is 0.340 e. The summed E-state index contributed by atoms with van der Waals surface area (Å²) in [6.45, 7) is -0.512. The predicted molar refractivity (Wildman–Crippen MR) is 105 cm³/mol. The van der Waals surface area contributed by atoms with Crippen LogP contribution in [-0.2, 0) is 9.47 Å². The number of anilines is 2. The van der Waals surface area contributed by atoms with Crippen LogP contribution in [0.3, 0.4) is 0 Å². The molecule has 0 saturated carbocycles. The molecule has 12 heteroatoms. The lowest BCUT2D eigenvalue weighted by Crippen LogP contribution is -2.37. The minimum atomic E-state index is -1.33. The lowest BCUT2D eigenvalue weighted by molar-refractivity contribution is -0.0564. The SMILES string of the molecule is CNc1ccccc1C(=O)O[C@@H]1[C@H](O)[C@@H](CO)O[C@H]1n1cnc2c(=O)[nH]c(N)nc21. The van der Waals surface area contributed by atoms with E-state index in [4.69, 9.17) is 15.2 Å². The Labute approximate surface area is 169 Å². The first-order valence-corrected chi connectivity index (χ1v) is 9.09. The van der Waals surface area contributed by atoms with Crippen LogP contribution < -0.4 is 16.6 Å². The highest BCUT2D eigenvalue weighted by molar-refractivity contribution is 5.95. The minimum absolute atomic E-state index is 0.000318. The van der Waals surface area contributed by atoms with Crippen molar-refractivity contribution in [1.82, 2.24) is 19.5 Å². The number of nitrogens with two attached hydrogens (primary N) is 1. The molecular weight excluding hydrogens is 396 g/mol. The molecule has 3 aromatic rings. The second-order valence-electron chi connectivity index (χ2n) is 6.68. The monoisotopic (exact) mass is 416 g/mol. The smallest absolute Gasteiger partial charge is 0.340 e. The van der Waals surface area contributed by atoms with Gasteiger partial charge in [-0.05, 0) is 12.1 Å².